The first-order valence-electron chi connectivity index (χ1n) is 6.32. The maximum atomic E-state index is 12.3. The van der Waals surface area contributed by atoms with Gasteiger partial charge in [-0.15, -0.1) is 0 Å². The molecule has 0 saturated heterocycles. The largest absolute Gasteiger partial charge is 0.326 e. The molecule has 3 N–H and O–H groups in total. The van der Waals surface area contributed by atoms with Crippen molar-refractivity contribution in [1.82, 2.24) is 4.98 Å². The quantitative estimate of drug-likeness (QED) is 0.881. The van der Waals surface area contributed by atoms with Gasteiger partial charge in [0, 0.05) is 12.7 Å². The van der Waals surface area contributed by atoms with E-state index >= 15 is 0 Å². The summed E-state index contributed by atoms with van der Waals surface area (Å²) in [5.74, 6) is 0. The van der Waals surface area contributed by atoms with Gasteiger partial charge in [-0.25, -0.2) is 4.98 Å². The van der Waals surface area contributed by atoms with Crippen molar-refractivity contribution in [3.8, 4) is 0 Å². The lowest BCUT2D eigenvalue weighted by molar-refractivity contribution is 0.597. The van der Waals surface area contributed by atoms with Crippen LogP contribution in [0, 0.1) is 0 Å². The van der Waals surface area contributed by atoms with E-state index in [0.29, 0.717) is 12.2 Å². The molecule has 1 aromatic carbocycles. The molecule has 0 spiro atoms. The number of anilines is 1. The van der Waals surface area contributed by atoms with Crippen LogP contribution in [0.5, 0.6) is 0 Å². The Bertz CT molecular complexity index is 682. The highest BCUT2D eigenvalue weighted by molar-refractivity contribution is 7.92. The van der Waals surface area contributed by atoms with Gasteiger partial charge in [-0.05, 0) is 29.7 Å². The maximum absolute atomic E-state index is 12.3. The predicted molar refractivity (Wildman–Crippen MR) is 78.8 cm³/mol. The minimum atomic E-state index is -3.67. The van der Waals surface area contributed by atoms with E-state index in [1.165, 1.54) is 12.3 Å². The fourth-order valence-corrected chi connectivity index (χ4v) is 2.85. The molecule has 0 saturated carbocycles. The van der Waals surface area contributed by atoms with Crippen LogP contribution in [-0.2, 0) is 23.0 Å². The van der Waals surface area contributed by atoms with E-state index in [1.54, 1.807) is 18.2 Å². The summed E-state index contributed by atoms with van der Waals surface area (Å²) in [5.41, 5.74) is 7.78. The van der Waals surface area contributed by atoms with E-state index in [2.05, 4.69) is 9.71 Å². The second-order valence-electron chi connectivity index (χ2n) is 4.33. The van der Waals surface area contributed by atoms with Crippen molar-refractivity contribution < 1.29 is 8.42 Å². The summed E-state index contributed by atoms with van der Waals surface area (Å²) in [6, 6.07) is 10.4. The molecule has 106 valence electrons. The lowest BCUT2D eigenvalue weighted by Gasteiger charge is -2.11. The van der Waals surface area contributed by atoms with Crippen molar-refractivity contribution in [3.63, 3.8) is 0 Å². The fourth-order valence-electron chi connectivity index (χ4n) is 1.82. The van der Waals surface area contributed by atoms with Gasteiger partial charge >= 0.3 is 0 Å². The molecule has 0 bridgehead atoms. The number of benzene rings is 1. The molecule has 0 unspecified atom stereocenters. The SMILES string of the molecule is CCc1ccccc1NS(=O)(=O)c1ccc(CN)cn1. The van der Waals surface area contributed by atoms with Crippen LogP contribution in [0.4, 0.5) is 5.69 Å². The maximum Gasteiger partial charge on any atom is 0.279 e. The normalized spacial score (nSPS) is 11.3. The van der Waals surface area contributed by atoms with E-state index in [4.69, 9.17) is 5.73 Å². The number of rotatable bonds is 5. The molecule has 5 nitrogen and oxygen atoms in total. The molecule has 0 aliphatic carbocycles. The van der Waals surface area contributed by atoms with Crippen molar-refractivity contribution >= 4 is 15.7 Å². The Morgan fingerprint density at radius 1 is 1.20 bits per heavy atom. The summed E-state index contributed by atoms with van der Waals surface area (Å²) in [4.78, 5) is 3.94. The van der Waals surface area contributed by atoms with E-state index in [-0.39, 0.29) is 5.03 Å². The minimum absolute atomic E-state index is 0.0133. The second-order valence-corrected chi connectivity index (χ2v) is 5.95. The number of nitrogens with two attached hydrogens (primary N) is 1. The summed E-state index contributed by atoms with van der Waals surface area (Å²) in [6.45, 7) is 2.31. The predicted octanol–water partition coefficient (Wildman–Crippen LogP) is 1.90. The average Bonchev–Trinajstić information content (AvgIpc) is 2.47. The monoisotopic (exact) mass is 291 g/mol. The van der Waals surface area contributed by atoms with Crippen LogP contribution in [-0.4, -0.2) is 13.4 Å². The van der Waals surface area contributed by atoms with Crippen LogP contribution in [0.3, 0.4) is 0 Å². The highest BCUT2D eigenvalue weighted by Gasteiger charge is 2.16. The van der Waals surface area contributed by atoms with E-state index in [9.17, 15) is 8.42 Å². The third-order valence-electron chi connectivity index (χ3n) is 2.95. The van der Waals surface area contributed by atoms with Crippen LogP contribution in [0.2, 0.25) is 0 Å². The Morgan fingerprint density at radius 3 is 2.55 bits per heavy atom. The zero-order valence-corrected chi connectivity index (χ0v) is 12.0. The van der Waals surface area contributed by atoms with Gasteiger partial charge in [0.1, 0.15) is 0 Å². The number of hydrogen-bond donors (Lipinski definition) is 2. The Balaban J connectivity index is 2.30. The van der Waals surface area contributed by atoms with Crippen molar-refractivity contribution in [2.75, 3.05) is 4.72 Å². The Hall–Kier alpha value is -1.92. The topological polar surface area (TPSA) is 85.1 Å². The molecule has 0 aliphatic rings. The number of aryl methyl sites for hydroxylation is 1. The molecular weight excluding hydrogens is 274 g/mol. The summed E-state index contributed by atoms with van der Waals surface area (Å²) < 4.78 is 27.1. The third-order valence-corrected chi connectivity index (χ3v) is 4.23. The van der Waals surface area contributed by atoms with E-state index in [0.717, 1.165) is 17.5 Å². The van der Waals surface area contributed by atoms with Gasteiger partial charge in [-0.1, -0.05) is 31.2 Å². The molecule has 0 atom stereocenters. The van der Waals surface area contributed by atoms with Gasteiger partial charge in [0.05, 0.1) is 5.69 Å². The molecule has 20 heavy (non-hydrogen) atoms. The van der Waals surface area contributed by atoms with Gasteiger partial charge in [-0.2, -0.15) is 8.42 Å². The molecule has 2 rings (SSSR count). The molecule has 0 fully saturated rings. The highest BCUT2D eigenvalue weighted by Crippen LogP contribution is 2.19. The van der Waals surface area contributed by atoms with Crippen molar-refractivity contribution in [1.29, 1.82) is 0 Å². The first kappa shape index (κ1) is 14.5. The van der Waals surface area contributed by atoms with Crippen LogP contribution < -0.4 is 10.5 Å². The molecular formula is C14H17N3O2S. The average molecular weight is 291 g/mol. The van der Waals surface area contributed by atoms with Crippen molar-refractivity contribution in [3.05, 3.63) is 53.7 Å². The highest BCUT2D eigenvalue weighted by atomic mass is 32.2. The molecule has 1 heterocycles. The zero-order valence-electron chi connectivity index (χ0n) is 11.2. The second kappa shape index (κ2) is 6.02. The van der Waals surface area contributed by atoms with Gasteiger partial charge < -0.3 is 5.73 Å². The number of nitrogens with zero attached hydrogens (tertiary/aromatic N) is 1. The van der Waals surface area contributed by atoms with Crippen LogP contribution in [0.1, 0.15) is 18.1 Å². The minimum Gasteiger partial charge on any atom is -0.326 e. The summed E-state index contributed by atoms with van der Waals surface area (Å²) in [6.07, 6.45) is 2.22. The van der Waals surface area contributed by atoms with Crippen molar-refractivity contribution in [2.24, 2.45) is 5.73 Å². The lowest BCUT2D eigenvalue weighted by Crippen LogP contribution is -2.15. The Morgan fingerprint density at radius 2 is 1.95 bits per heavy atom. The Kier molecular flexibility index (Phi) is 4.36. The van der Waals surface area contributed by atoms with Crippen LogP contribution >= 0.6 is 0 Å². The summed E-state index contributed by atoms with van der Waals surface area (Å²) in [7, 11) is -3.67. The van der Waals surface area contributed by atoms with Crippen molar-refractivity contribution in [2.45, 2.75) is 24.9 Å². The first-order chi connectivity index (χ1) is 9.56. The van der Waals surface area contributed by atoms with Crippen LogP contribution in [0.15, 0.2) is 47.6 Å². The molecule has 0 amide bonds. The molecule has 6 heteroatoms. The third kappa shape index (κ3) is 3.15. The number of hydrogen-bond acceptors (Lipinski definition) is 4. The number of sulfonamides is 1. The van der Waals surface area contributed by atoms with Gasteiger partial charge in [0.25, 0.3) is 10.0 Å². The van der Waals surface area contributed by atoms with Gasteiger partial charge in [-0.3, -0.25) is 4.72 Å². The Labute approximate surface area is 118 Å². The van der Waals surface area contributed by atoms with Crippen LogP contribution in [0.25, 0.3) is 0 Å². The molecule has 0 aliphatic heterocycles. The molecule has 2 aromatic rings. The van der Waals surface area contributed by atoms with E-state index < -0.39 is 10.0 Å². The van der Waals surface area contributed by atoms with Gasteiger partial charge in [0.15, 0.2) is 5.03 Å². The molecule has 0 radical (unpaired) electrons. The number of aromatic nitrogens is 1. The zero-order chi connectivity index (χ0) is 14.6. The van der Waals surface area contributed by atoms with Gasteiger partial charge in [0.2, 0.25) is 0 Å². The molecule has 1 aromatic heterocycles. The standard InChI is InChI=1S/C14H17N3O2S/c1-2-12-5-3-4-6-13(12)17-20(18,19)14-8-7-11(9-15)10-16-14/h3-8,10,17H,2,9,15H2,1H3. The lowest BCUT2D eigenvalue weighted by atomic mass is 10.1. The summed E-state index contributed by atoms with van der Waals surface area (Å²) >= 11 is 0. The summed E-state index contributed by atoms with van der Waals surface area (Å²) in [5, 5.41) is -0.0133. The van der Waals surface area contributed by atoms with E-state index in [1.807, 2.05) is 19.1 Å². The number of pyridine rings is 1. The number of para-hydroxylation sites is 1. The first-order valence-corrected chi connectivity index (χ1v) is 7.81. The smallest absolute Gasteiger partial charge is 0.279 e. The fraction of sp³-hybridized carbons (Fsp3) is 0.214. The number of nitrogens with one attached hydrogen (secondary N) is 1.